The molecule has 9 heavy (non-hydrogen) atoms. The summed E-state index contributed by atoms with van der Waals surface area (Å²) in [6, 6.07) is 0. The van der Waals surface area contributed by atoms with Crippen LogP contribution in [0.15, 0.2) is 12.7 Å². The standard InChI is InChI=1S/C9H16/c1-4-9-5-7(2)8(3)6-9/h4,7-9H,1,5-6H2,2-3H3. The van der Waals surface area contributed by atoms with Gasteiger partial charge in [-0.2, -0.15) is 0 Å². The average molecular weight is 124 g/mol. The van der Waals surface area contributed by atoms with Gasteiger partial charge in [-0.25, -0.2) is 0 Å². The van der Waals surface area contributed by atoms with Crippen LogP contribution in [0.25, 0.3) is 0 Å². The zero-order valence-electron chi connectivity index (χ0n) is 6.43. The second-order valence-electron chi connectivity index (χ2n) is 3.42. The number of hydrogen-bond acceptors (Lipinski definition) is 0. The molecule has 1 fully saturated rings. The van der Waals surface area contributed by atoms with E-state index >= 15 is 0 Å². The molecule has 0 bridgehead atoms. The lowest BCUT2D eigenvalue weighted by Gasteiger charge is -2.04. The summed E-state index contributed by atoms with van der Waals surface area (Å²) in [4.78, 5) is 0. The quantitative estimate of drug-likeness (QED) is 0.471. The average Bonchev–Trinajstić information content (AvgIpc) is 2.13. The number of hydrogen-bond donors (Lipinski definition) is 0. The molecule has 0 heteroatoms. The van der Waals surface area contributed by atoms with Gasteiger partial charge in [0.05, 0.1) is 0 Å². The van der Waals surface area contributed by atoms with Crippen molar-refractivity contribution in [2.75, 3.05) is 0 Å². The Kier molecular flexibility index (Phi) is 1.94. The second-order valence-corrected chi connectivity index (χ2v) is 3.42. The molecule has 0 radical (unpaired) electrons. The summed E-state index contributed by atoms with van der Waals surface area (Å²) in [5.74, 6) is 2.66. The summed E-state index contributed by atoms with van der Waals surface area (Å²) in [6.07, 6.45) is 4.84. The van der Waals surface area contributed by atoms with E-state index in [2.05, 4.69) is 26.5 Å². The van der Waals surface area contributed by atoms with E-state index in [9.17, 15) is 0 Å². The monoisotopic (exact) mass is 124 g/mol. The molecule has 0 spiro atoms. The summed E-state index contributed by atoms with van der Waals surface area (Å²) in [5.41, 5.74) is 0. The molecule has 0 aromatic heterocycles. The zero-order valence-corrected chi connectivity index (χ0v) is 6.43. The van der Waals surface area contributed by atoms with E-state index in [1.807, 2.05) is 0 Å². The lowest BCUT2D eigenvalue weighted by molar-refractivity contribution is 0.457. The molecule has 1 aliphatic carbocycles. The fraction of sp³-hybridized carbons (Fsp3) is 0.778. The van der Waals surface area contributed by atoms with E-state index in [0.717, 1.165) is 17.8 Å². The Balaban J connectivity index is 2.43. The maximum atomic E-state index is 3.81. The van der Waals surface area contributed by atoms with E-state index in [1.54, 1.807) is 0 Å². The summed E-state index contributed by atoms with van der Waals surface area (Å²) >= 11 is 0. The van der Waals surface area contributed by atoms with Crippen LogP contribution in [-0.2, 0) is 0 Å². The minimum absolute atomic E-state index is 0.815. The fourth-order valence-electron chi connectivity index (χ4n) is 1.71. The van der Waals surface area contributed by atoms with Crippen LogP contribution in [0.1, 0.15) is 26.7 Å². The van der Waals surface area contributed by atoms with Crippen LogP contribution in [0.4, 0.5) is 0 Å². The molecular formula is C9H16. The largest absolute Gasteiger partial charge is 0.103 e. The molecule has 0 saturated heterocycles. The van der Waals surface area contributed by atoms with Crippen molar-refractivity contribution in [2.45, 2.75) is 26.7 Å². The predicted octanol–water partition coefficient (Wildman–Crippen LogP) is 2.85. The second kappa shape index (κ2) is 2.55. The molecule has 0 aliphatic heterocycles. The first-order valence-corrected chi connectivity index (χ1v) is 3.86. The molecule has 2 unspecified atom stereocenters. The summed E-state index contributed by atoms with van der Waals surface area (Å²) < 4.78 is 0. The Labute approximate surface area is 58.0 Å². The van der Waals surface area contributed by atoms with Gasteiger partial charge in [0.25, 0.3) is 0 Å². The minimum atomic E-state index is 0.815. The van der Waals surface area contributed by atoms with Crippen molar-refractivity contribution in [3.05, 3.63) is 12.7 Å². The van der Waals surface area contributed by atoms with Gasteiger partial charge in [-0.05, 0) is 30.6 Å². The SMILES string of the molecule is C=CC1CC(C)C(C)C1. The highest BCUT2D eigenvalue weighted by molar-refractivity contribution is 4.88. The third-order valence-corrected chi connectivity index (χ3v) is 2.65. The van der Waals surface area contributed by atoms with Crippen molar-refractivity contribution in [3.63, 3.8) is 0 Å². The van der Waals surface area contributed by atoms with Gasteiger partial charge in [-0.15, -0.1) is 6.58 Å². The first-order valence-electron chi connectivity index (χ1n) is 3.86. The van der Waals surface area contributed by atoms with Crippen molar-refractivity contribution in [2.24, 2.45) is 17.8 Å². The van der Waals surface area contributed by atoms with Crippen LogP contribution in [0, 0.1) is 17.8 Å². The highest BCUT2D eigenvalue weighted by Crippen LogP contribution is 2.35. The maximum Gasteiger partial charge on any atom is -0.0231 e. The minimum Gasteiger partial charge on any atom is -0.103 e. The number of allylic oxidation sites excluding steroid dienone is 1. The Morgan fingerprint density at radius 3 is 1.89 bits per heavy atom. The van der Waals surface area contributed by atoms with E-state index in [0.29, 0.717) is 0 Å². The molecule has 1 aliphatic rings. The lowest BCUT2D eigenvalue weighted by atomic mass is 10.0. The molecule has 1 rings (SSSR count). The summed E-state index contributed by atoms with van der Waals surface area (Å²) in [7, 11) is 0. The molecule has 2 atom stereocenters. The Morgan fingerprint density at radius 2 is 1.67 bits per heavy atom. The number of rotatable bonds is 1. The van der Waals surface area contributed by atoms with Gasteiger partial charge in [0.15, 0.2) is 0 Å². The molecule has 1 saturated carbocycles. The van der Waals surface area contributed by atoms with Crippen LogP contribution in [0.3, 0.4) is 0 Å². The van der Waals surface area contributed by atoms with Crippen molar-refractivity contribution in [1.29, 1.82) is 0 Å². The topological polar surface area (TPSA) is 0 Å². The van der Waals surface area contributed by atoms with Crippen molar-refractivity contribution in [3.8, 4) is 0 Å². The smallest absolute Gasteiger partial charge is 0.0231 e. The predicted molar refractivity (Wildman–Crippen MR) is 41.2 cm³/mol. The molecule has 0 N–H and O–H groups in total. The van der Waals surface area contributed by atoms with Gasteiger partial charge in [0.1, 0.15) is 0 Å². The van der Waals surface area contributed by atoms with E-state index < -0.39 is 0 Å². The van der Waals surface area contributed by atoms with Gasteiger partial charge in [-0.1, -0.05) is 19.9 Å². The molecule has 52 valence electrons. The molecule has 0 nitrogen and oxygen atoms in total. The molecular weight excluding hydrogens is 108 g/mol. The molecule has 0 aromatic rings. The zero-order chi connectivity index (χ0) is 6.85. The van der Waals surface area contributed by atoms with Crippen LogP contribution in [0.5, 0.6) is 0 Å². The molecule has 0 aromatic carbocycles. The van der Waals surface area contributed by atoms with Crippen molar-refractivity contribution in [1.82, 2.24) is 0 Å². The van der Waals surface area contributed by atoms with Crippen LogP contribution >= 0.6 is 0 Å². The Bertz CT molecular complexity index is 94.6. The first kappa shape index (κ1) is 6.85. The van der Waals surface area contributed by atoms with Gasteiger partial charge >= 0.3 is 0 Å². The summed E-state index contributed by atoms with van der Waals surface area (Å²) in [5, 5.41) is 0. The van der Waals surface area contributed by atoms with Crippen molar-refractivity contribution < 1.29 is 0 Å². The van der Waals surface area contributed by atoms with Crippen LogP contribution in [0.2, 0.25) is 0 Å². The van der Waals surface area contributed by atoms with E-state index in [1.165, 1.54) is 12.8 Å². The van der Waals surface area contributed by atoms with Gasteiger partial charge in [0.2, 0.25) is 0 Å². The maximum absolute atomic E-state index is 3.81. The van der Waals surface area contributed by atoms with Gasteiger partial charge in [0, 0.05) is 0 Å². The highest BCUT2D eigenvalue weighted by atomic mass is 14.3. The Hall–Kier alpha value is -0.260. The van der Waals surface area contributed by atoms with E-state index in [-0.39, 0.29) is 0 Å². The van der Waals surface area contributed by atoms with Crippen LogP contribution in [-0.4, -0.2) is 0 Å². The van der Waals surface area contributed by atoms with Crippen LogP contribution < -0.4 is 0 Å². The third kappa shape index (κ3) is 1.35. The van der Waals surface area contributed by atoms with Gasteiger partial charge in [-0.3, -0.25) is 0 Å². The highest BCUT2D eigenvalue weighted by Gasteiger charge is 2.25. The normalized spacial score (nSPS) is 43.1. The fourth-order valence-corrected chi connectivity index (χ4v) is 1.71. The Morgan fingerprint density at radius 1 is 1.22 bits per heavy atom. The van der Waals surface area contributed by atoms with E-state index in [4.69, 9.17) is 0 Å². The molecule has 0 amide bonds. The third-order valence-electron chi connectivity index (χ3n) is 2.65. The molecule has 0 heterocycles. The first-order chi connectivity index (χ1) is 4.24. The van der Waals surface area contributed by atoms with Gasteiger partial charge < -0.3 is 0 Å². The summed E-state index contributed by atoms with van der Waals surface area (Å²) in [6.45, 7) is 8.49. The van der Waals surface area contributed by atoms with Crippen molar-refractivity contribution >= 4 is 0 Å². The lowest BCUT2D eigenvalue weighted by Crippen LogP contribution is -1.95.